The fourth-order valence-corrected chi connectivity index (χ4v) is 2.39. The molecule has 1 amide bonds. The first-order valence-corrected chi connectivity index (χ1v) is 7.80. The zero-order chi connectivity index (χ0) is 20.0. The molecule has 27 heavy (non-hydrogen) atoms. The number of esters is 1. The lowest BCUT2D eigenvalue weighted by molar-refractivity contribution is -0.142. The third kappa shape index (κ3) is 5.19. The Bertz CT molecular complexity index is 807. The van der Waals surface area contributed by atoms with Gasteiger partial charge in [0.1, 0.15) is 6.04 Å². The second kappa shape index (κ2) is 8.52. The SMILES string of the molecule is COC(=O)[C@H](Cc1ccc(OC)nc1)NC(=O)c1ccccc1C(F)(F)F. The third-order valence-corrected chi connectivity index (χ3v) is 3.71. The van der Waals surface area contributed by atoms with Gasteiger partial charge in [-0.25, -0.2) is 9.78 Å². The van der Waals surface area contributed by atoms with Crippen LogP contribution in [0.5, 0.6) is 5.88 Å². The molecule has 0 fully saturated rings. The van der Waals surface area contributed by atoms with Gasteiger partial charge in [0.15, 0.2) is 0 Å². The predicted octanol–water partition coefficient (Wildman–Crippen LogP) is 2.62. The van der Waals surface area contributed by atoms with E-state index in [9.17, 15) is 22.8 Å². The van der Waals surface area contributed by atoms with Crippen LogP contribution in [0.3, 0.4) is 0 Å². The number of carbonyl (C=O) groups is 2. The third-order valence-electron chi connectivity index (χ3n) is 3.71. The lowest BCUT2D eigenvalue weighted by atomic mass is 10.0. The fraction of sp³-hybridized carbons (Fsp3) is 0.278. The molecule has 0 bridgehead atoms. The van der Waals surface area contributed by atoms with Gasteiger partial charge >= 0.3 is 12.1 Å². The Morgan fingerprint density at radius 3 is 2.41 bits per heavy atom. The smallest absolute Gasteiger partial charge is 0.417 e. The summed E-state index contributed by atoms with van der Waals surface area (Å²) < 4.78 is 48.9. The van der Waals surface area contributed by atoms with Crippen molar-refractivity contribution < 1.29 is 32.2 Å². The molecule has 0 aliphatic rings. The van der Waals surface area contributed by atoms with Crippen LogP contribution in [0.2, 0.25) is 0 Å². The molecule has 1 heterocycles. The normalized spacial score (nSPS) is 12.2. The molecule has 1 aromatic carbocycles. The number of carbonyl (C=O) groups excluding carboxylic acids is 2. The molecule has 2 rings (SSSR count). The van der Waals surface area contributed by atoms with E-state index in [4.69, 9.17) is 4.74 Å². The van der Waals surface area contributed by atoms with Gasteiger partial charge in [-0.2, -0.15) is 13.2 Å². The number of amides is 1. The van der Waals surface area contributed by atoms with Crippen LogP contribution >= 0.6 is 0 Å². The van der Waals surface area contributed by atoms with Gasteiger partial charge in [0, 0.05) is 18.7 Å². The molecular formula is C18H17F3N2O4. The number of alkyl halides is 3. The number of rotatable bonds is 6. The van der Waals surface area contributed by atoms with Gasteiger partial charge in [0.25, 0.3) is 5.91 Å². The van der Waals surface area contributed by atoms with Gasteiger partial charge < -0.3 is 14.8 Å². The summed E-state index contributed by atoms with van der Waals surface area (Å²) in [5.74, 6) is -1.46. The van der Waals surface area contributed by atoms with E-state index in [0.29, 0.717) is 11.4 Å². The number of nitrogens with zero attached hydrogens (tertiary/aromatic N) is 1. The Morgan fingerprint density at radius 1 is 1.15 bits per heavy atom. The number of aromatic nitrogens is 1. The van der Waals surface area contributed by atoms with Crippen LogP contribution in [-0.4, -0.2) is 37.1 Å². The number of benzene rings is 1. The number of hydrogen-bond acceptors (Lipinski definition) is 5. The number of hydrogen-bond donors (Lipinski definition) is 1. The van der Waals surface area contributed by atoms with E-state index in [1.807, 2.05) is 0 Å². The first kappa shape index (κ1) is 20.2. The number of methoxy groups -OCH3 is 2. The van der Waals surface area contributed by atoms with Crippen LogP contribution < -0.4 is 10.1 Å². The van der Waals surface area contributed by atoms with Gasteiger partial charge in [-0.3, -0.25) is 4.79 Å². The monoisotopic (exact) mass is 382 g/mol. The van der Waals surface area contributed by atoms with Gasteiger partial charge in [-0.05, 0) is 17.7 Å². The topological polar surface area (TPSA) is 77.5 Å². The lowest BCUT2D eigenvalue weighted by Gasteiger charge is -2.18. The molecule has 0 saturated carbocycles. The van der Waals surface area contributed by atoms with E-state index in [0.717, 1.165) is 19.2 Å². The van der Waals surface area contributed by atoms with E-state index >= 15 is 0 Å². The predicted molar refractivity (Wildman–Crippen MR) is 89.2 cm³/mol. The highest BCUT2D eigenvalue weighted by Gasteiger charge is 2.35. The molecule has 144 valence electrons. The Labute approximate surface area is 153 Å². The van der Waals surface area contributed by atoms with Crippen LogP contribution in [0.25, 0.3) is 0 Å². The van der Waals surface area contributed by atoms with E-state index in [2.05, 4.69) is 15.0 Å². The lowest BCUT2D eigenvalue weighted by Crippen LogP contribution is -2.43. The van der Waals surface area contributed by atoms with Gasteiger partial charge in [0.2, 0.25) is 5.88 Å². The summed E-state index contributed by atoms with van der Waals surface area (Å²) >= 11 is 0. The Morgan fingerprint density at radius 2 is 1.85 bits per heavy atom. The van der Waals surface area contributed by atoms with Crippen molar-refractivity contribution in [1.29, 1.82) is 0 Å². The number of halogens is 3. The van der Waals surface area contributed by atoms with Gasteiger partial charge in [-0.15, -0.1) is 0 Å². The molecule has 0 radical (unpaired) electrons. The molecule has 0 aliphatic carbocycles. The van der Waals surface area contributed by atoms with Crippen molar-refractivity contribution in [1.82, 2.24) is 10.3 Å². The number of nitrogens with one attached hydrogen (secondary N) is 1. The maximum atomic E-state index is 13.1. The quantitative estimate of drug-likeness (QED) is 0.778. The average Bonchev–Trinajstić information content (AvgIpc) is 2.66. The minimum absolute atomic E-state index is 0.0103. The summed E-state index contributed by atoms with van der Waals surface area (Å²) in [5, 5.41) is 2.30. The molecule has 1 atom stereocenters. The molecule has 1 aromatic heterocycles. The standard InChI is InChI=1S/C18H17F3N2O4/c1-26-15-8-7-11(10-22-15)9-14(17(25)27-2)23-16(24)12-5-3-4-6-13(12)18(19,20)21/h3-8,10,14H,9H2,1-2H3,(H,23,24)/t14-/m0/s1. The molecule has 2 aromatic rings. The second-order valence-corrected chi connectivity index (χ2v) is 5.51. The van der Waals surface area contributed by atoms with E-state index < -0.39 is 35.2 Å². The Kier molecular flexibility index (Phi) is 6.38. The van der Waals surface area contributed by atoms with Crippen molar-refractivity contribution in [3.05, 3.63) is 59.3 Å². The maximum absolute atomic E-state index is 13.1. The highest BCUT2D eigenvalue weighted by molar-refractivity contribution is 5.98. The number of pyridine rings is 1. The average molecular weight is 382 g/mol. The maximum Gasteiger partial charge on any atom is 0.417 e. The van der Waals surface area contributed by atoms with Crippen LogP contribution in [0.1, 0.15) is 21.5 Å². The van der Waals surface area contributed by atoms with Crippen molar-refractivity contribution in [2.45, 2.75) is 18.6 Å². The summed E-state index contributed by atoms with van der Waals surface area (Å²) in [5.41, 5.74) is -1.10. The summed E-state index contributed by atoms with van der Waals surface area (Å²) in [6.07, 6.45) is -3.28. The summed E-state index contributed by atoms with van der Waals surface area (Å²) in [7, 11) is 2.56. The summed E-state index contributed by atoms with van der Waals surface area (Å²) in [6.45, 7) is 0. The van der Waals surface area contributed by atoms with Gasteiger partial charge in [0.05, 0.1) is 25.3 Å². The van der Waals surface area contributed by atoms with Crippen LogP contribution in [0.4, 0.5) is 13.2 Å². The number of ether oxygens (including phenoxy) is 2. The van der Waals surface area contributed by atoms with Crippen molar-refractivity contribution in [3.8, 4) is 5.88 Å². The molecular weight excluding hydrogens is 365 g/mol. The van der Waals surface area contributed by atoms with Crippen LogP contribution in [-0.2, 0) is 22.1 Å². The van der Waals surface area contributed by atoms with Crippen LogP contribution in [0, 0.1) is 0 Å². The Hall–Kier alpha value is -3.10. The van der Waals surface area contributed by atoms with Crippen molar-refractivity contribution in [3.63, 3.8) is 0 Å². The molecule has 0 saturated heterocycles. The first-order valence-electron chi connectivity index (χ1n) is 7.80. The van der Waals surface area contributed by atoms with Gasteiger partial charge in [-0.1, -0.05) is 18.2 Å². The van der Waals surface area contributed by atoms with Crippen molar-refractivity contribution >= 4 is 11.9 Å². The largest absolute Gasteiger partial charge is 0.481 e. The molecule has 0 unspecified atom stereocenters. The van der Waals surface area contributed by atoms with Crippen molar-refractivity contribution in [2.75, 3.05) is 14.2 Å². The van der Waals surface area contributed by atoms with E-state index in [1.54, 1.807) is 12.1 Å². The van der Waals surface area contributed by atoms with E-state index in [-0.39, 0.29) is 6.42 Å². The zero-order valence-electron chi connectivity index (χ0n) is 14.5. The molecule has 9 heteroatoms. The van der Waals surface area contributed by atoms with E-state index in [1.165, 1.54) is 25.4 Å². The minimum Gasteiger partial charge on any atom is -0.481 e. The molecule has 0 spiro atoms. The summed E-state index contributed by atoms with van der Waals surface area (Å²) in [4.78, 5) is 28.3. The Balaban J connectivity index is 2.23. The van der Waals surface area contributed by atoms with Crippen LogP contribution in [0.15, 0.2) is 42.6 Å². The second-order valence-electron chi connectivity index (χ2n) is 5.51. The molecule has 1 N–H and O–H groups in total. The fourth-order valence-electron chi connectivity index (χ4n) is 2.39. The molecule has 0 aliphatic heterocycles. The highest BCUT2D eigenvalue weighted by atomic mass is 19.4. The van der Waals surface area contributed by atoms with Crippen molar-refractivity contribution in [2.24, 2.45) is 0 Å². The zero-order valence-corrected chi connectivity index (χ0v) is 14.5. The molecule has 6 nitrogen and oxygen atoms in total. The summed E-state index contributed by atoms with van der Waals surface area (Å²) in [6, 6.07) is 6.34. The highest BCUT2D eigenvalue weighted by Crippen LogP contribution is 2.31. The minimum atomic E-state index is -4.70. The first-order chi connectivity index (χ1) is 12.8.